The SMILES string of the molecule is C[C@H]1C[C@H](c2ccc(F)cc2)CN1C(=O)CNC1CC1. The molecule has 3 rings (SSSR count). The van der Waals surface area contributed by atoms with Crippen molar-refractivity contribution in [2.24, 2.45) is 0 Å². The largest absolute Gasteiger partial charge is 0.338 e. The second-order valence-electron chi connectivity index (χ2n) is 6.03. The Labute approximate surface area is 119 Å². The van der Waals surface area contributed by atoms with Gasteiger partial charge >= 0.3 is 0 Å². The highest BCUT2D eigenvalue weighted by molar-refractivity contribution is 5.79. The first-order valence-electron chi connectivity index (χ1n) is 7.42. The minimum atomic E-state index is -0.207. The van der Waals surface area contributed by atoms with Gasteiger partial charge in [0.2, 0.25) is 5.91 Å². The molecule has 1 aliphatic carbocycles. The summed E-state index contributed by atoms with van der Waals surface area (Å²) in [6.07, 6.45) is 3.35. The Kier molecular flexibility index (Phi) is 3.74. The molecule has 1 saturated heterocycles. The zero-order valence-corrected chi connectivity index (χ0v) is 11.8. The minimum absolute atomic E-state index is 0.189. The van der Waals surface area contributed by atoms with Crippen LogP contribution in [0, 0.1) is 5.82 Å². The number of benzene rings is 1. The Hall–Kier alpha value is -1.42. The van der Waals surface area contributed by atoms with Gasteiger partial charge in [-0.25, -0.2) is 4.39 Å². The molecule has 0 spiro atoms. The lowest BCUT2D eigenvalue weighted by atomic mass is 9.97. The predicted molar refractivity (Wildman–Crippen MR) is 76.0 cm³/mol. The van der Waals surface area contributed by atoms with E-state index in [-0.39, 0.29) is 17.8 Å². The van der Waals surface area contributed by atoms with Crippen LogP contribution in [0.2, 0.25) is 0 Å². The molecule has 1 aliphatic heterocycles. The van der Waals surface area contributed by atoms with Crippen molar-refractivity contribution in [3.63, 3.8) is 0 Å². The normalized spacial score (nSPS) is 26.0. The standard InChI is InChI=1S/C16H21FN2O/c1-11-8-13(12-2-4-14(17)5-3-12)10-19(11)16(20)9-18-15-6-7-15/h2-5,11,13,15,18H,6-10H2,1H3/t11-,13-/m0/s1. The van der Waals surface area contributed by atoms with Crippen LogP contribution in [-0.2, 0) is 4.79 Å². The molecular weight excluding hydrogens is 255 g/mol. The van der Waals surface area contributed by atoms with Gasteiger partial charge in [0.1, 0.15) is 5.82 Å². The van der Waals surface area contributed by atoms with Crippen molar-refractivity contribution >= 4 is 5.91 Å². The van der Waals surface area contributed by atoms with Gasteiger partial charge in [-0.2, -0.15) is 0 Å². The van der Waals surface area contributed by atoms with Crippen LogP contribution in [0.15, 0.2) is 24.3 Å². The van der Waals surface area contributed by atoms with Crippen molar-refractivity contribution in [1.82, 2.24) is 10.2 Å². The molecule has 1 N–H and O–H groups in total. The summed E-state index contributed by atoms with van der Waals surface area (Å²) < 4.78 is 13.0. The van der Waals surface area contributed by atoms with E-state index in [4.69, 9.17) is 0 Å². The van der Waals surface area contributed by atoms with E-state index < -0.39 is 0 Å². The van der Waals surface area contributed by atoms with E-state index in [0.717, 1.165) is 18.5 Å². The van der Waals surface area contributed by atoms with Gasteiger partial charge in [0, 0.05) is 24.5 Å². The quantitative estimate of drug-likeness (QED) is 0.915. The number of likely N-dealkylation sites (tertiary alicyclic amines) is 1. The Balaban J connectivity index is 1.60. The number of amides is 1. The maximum Gasteiger partial charge on any atom is 0.236 e. The Morgan fingerprint density at radius 1 is 1.35 bits per heavy atom. The van der Waals surface area contributed by atoms with Gasteiger partial charge in [0.15, 0.2) is 0 Å². The highest BCUT2D eigenvalue weighted by Gasteiger charge is 2.33. The van der Waals surface area contributed by atoms with Crippen molar-refractivity contribution in [1.29, 1.82) is 0 Å². The molecule has 0 radical (unpaired) electrons. The molecule has 2 atom stereocenters. The monoisotopic (exact) mass is 276 g/mol. The maximum absolute atomic E-state index is 13.0. The van der Waals surface area contributed by atoms with Crippen LogP contribution < -0.4 is 5.32 Å². The van der Waals surface area contributed by atoms with Crippen molar-refractivity contribution in [3.8, 4) is 0 Å². The first-order valence-corrected chi connectivity index (χ1v) is 7.42. The van der Waals surface area contributed by atoms with Crippen molar-refractivity contribution in [2.45, 2.75) is 44.2 Å². The fourth-order valence-electron chi connectivity index (χ4n) is 2.98. The number of nitrogens with zero attached hydrogens (tertiary/aromatic N) is 1. The van der Waals surface area contributed by atoms with E-state index in [9.17, 15) is 9.18 Å². The number of hydrogen-bond acceptors (Lipinski definition) is 2. The summed E-state index contributed by atoms with van der Waals surface area (Å²) in [5, 5.41) is 3.28. The average molecular weight is 276 g/mol. The molecule has 2 fully saturated rings. The minimum Gasteiger partial charge on any atom is -0.338 e. The van der Waals surface area contributed by atoms with Crippen LogP contribution in [0.5, 0.6) is 0 Å². The molecule has 0 aromatic heterocycles. The zero-order chi connectivity index (χ0) is 14.1. The smallest absolute Gasteiger partial charge is 0.236 e. The summed E-state index contributed by atoms with van der Waals surface area (Å²) in [6.45, 7) is 3.29. The van der Waals surface area contributed by atoms with E-state index in [1.165, 1.54) is 25.0 Å². The second-order valence-corrected chi connectivity index (χ2v) is 6.03. The number of hydrogen-bond donors (Lipinski definition) is 1. The van der Waals surface area contributed by atoms with Gasteiger partial charge in [-0.3, -0.25) is 4.79 Å². The van der Waals surface area contributed by atoms with Gasteiger partial charge in [-0.1, -0.05) is 12.1 Å². The van der Waals surface area contributed by atoms with Crippen LogP contribution in [0.1, 0.15) is 37.7 Å². The van der Waals surface area contributed by atoms with Crippen LogP contribution in [0.3, 0.4) is 0 Å². The molecule has 0 unspecified atom stereocenters. The Morgan fingerprint density at radius 3 is 2.70 bits per heavy atom. The third-order valence-electron chi connectivity index (χ3n) is 4.36. The van der Waals surface area contributed by atoms with E-state index >= 15 is 0 Å². The van der Waals surface area contributed by atoms with Crippen molar-refractivity contribution < 1.29 is 9.18 Å². The fraction of sp³-hybridized carbons (Fsp3) is 0.562. The summed E-state index contributed by atoms with van der Waals surface area (Å²) >= 11 is 0. The Bertz CT molecular complexity index is 484. The fourth-order valence-corrected chi connectivity index (χ4v) is 2.98. The highest BCUT2D eigenvalue weighted by Crippen LogP contribution is 2.31. The third kappa shape index (κ3) is 3.01. The van der Waals surface area contributed by atoms with Gasteiger partial charge in [0.05, 0.1) is 6.54 Å². The van der Waals surface area contributed by atoms with Crippen LogP contribution in [-0.4, -0.2) is 36.0 Å². The van der Waals surface area contributed by atoms with Crippen LogP contribution in [0.4, 0.5) is 4.39 Å². The number of halogens is 1. The third-order valence-corrected chi connectivity index (χ3v) is 4.36. The predicted octanol–water partition coefficient (Wildman–Crippen LogP) is 2.28. The lowest BCUT2D eigenvalue weighted by Gasteiger charge is -2.21. The van der Waals surface area contributed by atoms with Gasteiger partial charge in [-0.05, 0) is 43.9 Å². The molecular formula is C16H21FN2O. The molecule has 2 aliphatic rings. The average Bonchev–Trinajstić information content (AvgIpc) is 3.19. The van der Waals surface area contributed by atoms with E-state index in [2.05, 4.69) is 12.2 Å². The first kappa shape index (κ1) is 13.6. The summed E-state index contributed by atoms with van der Waals surface area (Å²) in [6, 6.07) is 7.49. The van der Waals surface area contributed by atoms with Crippen LogP contribution >= 0.6 is 0 Å². The van der Waals surface area contributed by atoms with Gasteiger partial charge in [0.25, 0.3) is 0 Å². The van der Waals surface area contributed by atoms with E-state index in [0.29, 0.717) is 18.5 Å². The summed E-state index contributed by atoms with van der Waals surface area (Å²) in [7, 11) is 0. The molecule has 1 aromatic carbocycles. The molecule has 0 bridgehead atoms. The number of carbonyl (C=O) groups excluding carboxylic acids is 1. The molecule has 1 saturated carbocycles. The lowest BCUT2D eigenvalue weighted by molar-refractivity contribution is -0.130. The number of carbonyl (C=O) groups is 1. The number of nitrogens with one attached hydrogen (secondary N) is 1. The molecule has 3 nitrogen and oxygen atoms in total. The summed E-state index contributed by atoms with van der Waals surface area (Å²) in [4.78, 5) is 14.2. The van der Waals surface area contributed by atoms with Gasteiger partial charge in [-0.15, -0.1) is 0 Å². The van der Waals surface area contributed by atoms with Crippen molar-refractivity contribution in [3.05, 3.63) is 35.6 Å². The van der Waals surface area contributed by atoms with E-state index in [1.807, 2.05) is 17.0 Å². The molecule has 1 amide bonds. The Morgan fingerprint density at radius 2 is 2.05 bits per heavy atom. The van der Waals surface area contributed by atoms with Crippen LogP contribution in [0.25, 0.3) is 0 Å². The second kappa shape index (κ2) is 5.52. The molecule has 108 valence electrons. The highest BCUT2D eigenvalue weighted by atomic mass is 19.1. The lowest BCUT2D eigenvalue weighted by Crippen LogP contribution is -2.40. The summed E-state index contributed by atoms with van der Waals surface area (Å²) in [5.41, 5.74) is 1.13. The summed E-state index contributed by atoms with van der Waals surface area (Å²) in [5.74, 6) is 0.311. The van der Waals surface area contributed by atoms with E-state index in [1.54, 1.807) is 0 Å². The topological polar surface area (TPSA) is 32.3 Å². The van der Waals surface area contributed by atoms with Crippen molar-refractivity contribution in [2.75, 3.05) is 13.1 Å². The number of rotatable bonds is 4. The molecule has 1 aromatic rings. The molecule has 1 heterocycles. The molecule has 20 heavy (non-hydrogen) atoms. The zero-order valence-electron chi connectivity index (χ0n) is 11.8. The first-order chi connectivity index (χ1) is 9.63. The van der Waals surface area contributed by atoms with Gasteiger partial charge < -0.3 is 10.2 Å². The molecule has 4 heteroatoms. The maximum atomic E-state index is 13.0.